The molecule has 0 amide bonds. The molecule has 2 unspecified atom stereocenters. The Bertz CT molecular complexity index is 204. The van der Waals surface area contributed by atoms with E-state index in [1.165, 1.54) is 0 Å². The molecule has 4 nitrogen and oxygen atoms in total. The van der Waals surface area contributed by atoms with Crippen LogP contribution in [0.25, 0.3) is 0 Å². The maximum Gasteiger partial charge on any atom is 0.164 e. The normalized spacial score (nSPS) is 48.0. The minimum Gasteiger partial charge on any atom is -0.394 e. The average molecular weight is 188 g/mol. The molecule has 0 aliphatic carbocycles. The molecule has 2 fully saturated rings. The molecule has 0 radical (unpaired) electrons. The second-order valence-electron chi connectivity index (χ2n) is 4.13. The van der Waals surface area contributed by atoms with E-state index in [1.807, 2.05) is 20.8 Å². The lowest BCUT2D eigenvalue weighted by molar-refractivity contribution is -0.188. The first-order valence-corrected chi connectivity index (χ1v) is 4.65. The van der Waals surface area contributed by atoms with Crippen LogP contribution in [-0.2, 0) is 14.2 Å². The second kappa shape index (κ2) is 2.92. The fourth-order valence-electron chi connectivity index (χ4n) is 2.05. The fourth-order valence-corrected chi connectivity index (χ4v) is 2.05. The van der Waals surface area contributed by atoms with Gasteiger partial charge in [0, 0.05) is 0 Å². The largest absolute Gasteiger partial charge is 0.394 e. The minimum atomic E-state index is -0.541. The Morgan fingerprint density at radius 2 is 1.85 bits per heavy atom. The number of aliphatic hydroxyl groups excluding tert-OH is 1. The molecule has 76 valence electrons. The molecule has 0 saturated carbocycles. The van der Waals surface area contributed by atoms with Crippen LogP contribution in [0.4, 0.5) is 0 Å². The maximum absolute atomic E-state index is 9.04. The summed E-state index contributed by atoms with van der Waals surface area (Å²) in [5.74, 6) is -0.541. The molecule has 13 heavy (non-hydrogen) atoms. The van der Waals surface area contributed by atoms with Crippen molar-refractivity contribution in [2.24, 2.45) is 0 Å². The molecule has 1 N–H and O–H groups in total. The summed E-state index contributed by atoms with van der Waals surface area (Å²) in [6.07, 6.45) is -0.382. The van der Waals surface area contributed by atoms with E-state index in [4.69, 9.17) is 19.3 Å². The van der Waals surface area contributed by atoms with Crippen LogP contribution in [0.15, 0.2) is 0 Å². The zero-order valence-corrected chi connectivity index (χ0v) is 8.19. The highest BCUT2D eigenvalue weighted by Crippen LogP contribution is 2.38. The molecular weight excluding hydrogens is 172 g/mol. The highest BCUT2D eigenvalue weighted by molar-refractivity contribution is 4.96. The molecule has 2 heterocycles. The van der Waals surface area contributed by atoms with Crippen molar-refractivity contribution in [1.82, 2.24) is 0 Å². The highest BCUT2D eigenvalue weighted by Gasteiger charge is 2.53. The summed E-state index contributed by atoms with van der Waals surface area (Å²) in [7, 11) is 0. The van der Waals surface area contributed by atoms with Crippen LogP contribution in [0.2, 0.25) is 0 Å². The van der Waals surface area contributed by atoms with Gasteiger partial charge in [-0.1, -0.05) is 0 Å². The number of fused-ring (bicyclic) bond motifs is 1. The monoisotopic (exact) mass is 188 g/mol. The van der Waals surface area contributed by atoms with Crippen LogP contribution in [0.1, 0.15) is 20.8 Å². The van der Waals surface area contributed by atoms with Gasteiger partial charge in [-0.25, -0.2) is 0 Å². The molecule has 2 aliphatic heterocycles. The van der Waals surface area contributed by atoms with Crippen LogP contribution < -0.4 is 0 Å². The molecule has 4 atom stereocenters. The van der Waals surface area contributed by atoms with Crippen LogP contribution in [0, 0.1) is 0 Å². The van der Waals surface area contributed by atoms with Crippen molar-refractivity contribution in [2.45, 2.75) is 51.0 Å². The predicted molar refractivity (Wildman–Crippen MR) is 45.2 cm³/mol. The van der Waals surface area contributed by atoms with Crippen molar-refractivity contribution in [1.29, 1.82) is 0 Å². The third kappa shape index (κ3) is 1.48. The summed E-state index contributed by atoms with van der Waals surface area (Å²) >= 11 is 0. The lowest BCUT2D eigenvalue weighted by atomic mass is 10.1. The molecule has 0 aromatic rings. The zero-order valence-electron chi connectivity index (χ0n) is 8.19. The third-order valence-electron chi connectivity index (χ3n) is 2.56. The molecule has 2 saturated heterocycles. The van der Waals surface area contributed by atoms with Gasteiger partial charge in [-0.2, -0.15) is 0 Å². The van der Waals surface area contributed by atoms with Crippen molar-refractivity contribution in [3.05, 3.63) is 0 Å². The second-order valence-corrected chi connectivity index (χ2v) is 4.13. The van der Waals surface area contributed by atoms with Gasteiger partial charge in [-0.3, -0.25) is 0 Å². The lowest BCUT2D eigenvalue weighted by Gasteiger charge is -2.22. The van der Waals surface area contributed by atoms with Gasteiger partial charge in [0.2, 0.25) is 0 Å². The molecule has 4 heteroatoms. The van der Waals surface area contributed by atoms with Gasteiger partial charge in [-0.15, -0.1) is 0 Å². The van der Waals surface area contributed by atoms with Gasteiger partial charge >= 0.3 is 0 Å². The number of hydrogen-bond donors (Lipinski definition) is 1. The Hall–Kier alpha value is -0.160. The van der Waals surface area contributed by atoms with Gasteiger partial charge < -0.3 is 19.3 Å². The SMILES string of the molecule is CC1OC(CO)[C@@H]2OC(C)(C)O[C@H]12. The summed E-state index contributed by atoms with van der Waals surface area (Å²) in [6, 6.07) is 0. The van der Waals surface area contributed by atoms with Gasteiger partial charge in [0.25, 0.3) is 0 Å². The lowest BCUT2D eigenvalue weighted by Crippen LogP contribution is -2.31. The number of hydrogen-bond acceptors (Lipinski definition) is 4. The average Bonchev–Trinajstić information content (AvgIpc) is 2.47. The predicted octanol–water partition coefficient (Wildman–Crippen LogP) is 0.286. The molecular formula is C9H16O4. The van der Waals surface area contributed by atoms with Crippen molar-refractivity contribution in [2.75, 3.05) is 6.61 Å². The van der Waals surface area contributed by atoms with Crippen molar-refractivity contribution >= 4 is 0 Å². The quantitative estimate of drug-likeness (QED) is 0.642. The Morgan fingerprint density at radius 3 is 2.46 bits per heavy atom. The maximum atomic E-state index is 9.04. The van der Waals surface area contributed by atoms with E-state index in [1.54, 1.807) is 0 Å². The van der Waals surface area contributed by atoms with Crippen LogP contribution in [-0.4, -0.2) is 41.9 Å². The van der Waals surface area contributed by atoms with Crippen molar-refractivity contribution in [3.8, 4) is 0 Å². The van der Waals surface area contributed by atoms with Gasteiger partial charge in [0.05, 0.1) is 12.7 Å². The molecule has 0 spiro atoms. The highest BCUT2D eigenvalue weighted by atomic mass is 16.8. The molecule has 0 bridgehead atoms. The Balaban J connectivity index is 2.12. The summed E-state index contributed by atoms with van der Waals surface area (Å²) < 4.78 is 16.8. The van der Waals surface area contributed by atoms with E-state index >= 15 is 0 Å². The Kier molecular flexibility index (Phi) is 2.11. The van der Waals surface area contributed by atoms with Gasteiger partial charge in [0.15, 0.2) is 5.79 Å². The third-order valence-corrected chi connectivity index (χ3v) is 2.56. The summed E-state index contributed by atoms with van der Waals surface area (Å²) in [6.45, 7) is 5.70. The van der Waals surface area contributed by atoms with E-state index in [0.29, 0.717) is 0 Å². The van der Waals surface area contributed by atoms with Crippen molar-refractivity contribution in [3.63, 3.8) is 0 Å². The van der Waals surface area contributed by atoms with Crippen LogP contribution in [0.3, 0.4) is 0 Å². The summed E-state index contributed by atoms with van der Waals surface area (Å²) in [4.78, 5) is 0. The fraction of sp³-hybridized carbons (Fsp3) is 1.00. The van der Waals surface area contributed by atoms with Gasteiger partial charge in [-0.05, 0) is 20.8 Å². The first-order chi connectivity index (χ1) is 6.03. The van der Waals surface area contributed by atoms with Crippen LogP contribution >= 0.6 is 0 Å². The van der Waals surface area contributed by atoms with E-state index in [0.717, 1.165) is 0 Å². The first-order valence-electron chi connectivity index (χ1n) is 4.65. The smallest absolute Gasteiger partial charge is 0.164 e. The Labute approximate surface area is 77.8 Å². The first kappa shape index (κ1) is 9.40. The molecule has 0 aromatic heterocycles. The Morgan fingerprint density at radius 1 is 1.23 bits per heavy atom. The van der Waals surface area contributed by atoms with E-state index in [2.05, 4.69) is 0 Å². The zero-order chi connectivity index (χ0) is 9.64. The van der Waals surface area contributed by atoms with Gasteiger partial charge in [0.1, 0.15) is 18.3 Å². The summed E-state index contributed by atoms with van der Waals surface area (Å²) in [5, 5.41) is 9.04. The van der Waals surface area contributed by atoms with Crippen molar-refractivity contribution < 1.29 is 19.3 Å². The van der Waals surface area contributed by atoms with E-state index < -0.39 is 5.79 Å². The van der Waals surface area contributed by atoms with E-state index in [-0.39, 0.29) is 31.0 Å². The van der Waals surface area contributed by atoms with Crippen LogP contribution in [0.5, 0.6) is 0 Å². The van der Waals surface area contributed by atoms with E-state index in [9.17, 15) is 0 Å². The molecule has 0 aromatic carbocycles. The summed E-state index contributed by atoms with van der Waals surface area (Å²) in [5.41, 5.74) is 0. The topological polar surface area (TPSA) is 47.9 Å². The number of aliphatic hydroxyl groups is 1. The number of ether oxygens (including phenoxy) is 3. The minimum absolute atomic E-state index is 0.00363. The molecule has 2 aliphatic rings. The molecule has 2 rings (SSSR count). The number of rotatable bonds is 1. The standard InChI is InChI=1S/C9H16O4/c1-5-7-8(6(4-10)11-5)13-9(2,3)12-7/h5-8,10H,4H2,1-3H3/t5?,6?,7-,8+/m1/s1.